The molecule has 0 aliphatic carbocycles. The van der Waals surface area contributed by atoms with Crippen LogP contribution in [0.25, 0.3) is 10.2 Å². The van der Waals surface area contributed by atoms with E-state index in [1.165, 1.54) is 9.47 Å². The summed E-state index contributed by atoms with van der Waals surface area (Å²) in [4.78, 5) is 36.8. The Morgan fingerprint density at radius 2 is 2.19 bits per heavy atom. The third-order valence-electron chi connectivity index (χ3n) is 3.31. The first-order valence-electron chi connectivity index (χ1n) is 6.38. The van der Waals surface area contributed by atoms with Crippen LogP contribution in [0.4, 0.5) is 0 Å². The number of aromatic nitrogens is 1. The van der Waals surface area contributed by atoms with Crippen molar-refractivity contribution in [3.05, 3.63) is 32.9 Å². The molecule has 0 saturated carbocycles. The minimum atomic E-state index is -0.244. The third-order valence-corrected chi connectivity index (χ3v) is 4.51. The fraction of sp³-hybridized carbons (Fsp3) is 0.308. The molecule has 3 rings (SSSR count). The summed E-state index contributed by atoms with van der Waals surface area (Å²) in [5.74, 6) is -0.424. The predicted molar refractivity (Wildman–Crippen MR) is 80.7 cm³/mol. The molecule has 1 aromatic carbocycles. The standard InChI is InChI=1S/C13H12ClN3O3S/c14-8-1-2-10-9(5-8)17(13(20)21-10)7-12(19)16-4-3-15-11(18)6-16/h1-2,5H,3-4,6-7H2,(H,15,18). The van der Waals surface area contributed by atoms with E-state index in [0.717, 1.165) is 16.0 Å². The van der Waals surface area contributed by atoms with E-state index in [2.05, 4.69) is 5.32 Å². The van der Waals surface area contributed by atoms with E-state index in [9.17, 15) is 14.4 Å². The molecule has 6 nitrogen and oxygen atoms in total. The molecule has 1 aliphatic rings. The largest absolute Gasteiger partial charge is 0.353 e. The molecule has 1 fully saturated rings. The molecule has 8 heteroatoms. The van der Waals surface area contributed by atoms with Crippen LogP contribution in [0.1, 0.15) is 0 Å². The van der Waals surface area contributed by atoms with Crippen molar-refractivity contribution in [2.45, 2.75) is 6.54 Å². The van der Waals surface area contributed by atoms with Crippen molar-refractivity contribution in [1.82, 2.24) is 14.8 Å². The molecular weight excluding hydrogens is 314 g/mol. The van der Waals surface area contributed by atoms with Crippen LogP contribution < -0.4 is 10.2 Å². The Balaban J connectivity index is 1.89. The van der Waals surface area contributed by atoms with Gasteiger partial charge in [0.15, 0.2) is 0 Å². The Kier molecular flexibility index (Phi) is 3.69. The highest BCUT2D eigenvalue weighted by molar-refractivity contribution is 7.16. The number of piperazine rings is 1. The zero-order valence-corrected chi connectivity index (χ0v) is 12.5. The first kappa shape index (κ1) is 14.1. The Bertz CT molecular complexity index is 783. The first-order valence-corrected chi connectivity index (χ1v) is 7.57. The second-order valence-corrected chi connectivity index (χ2v) is 6.16. The number of fused-ring (bicyclic) bond motifs is 1. The van der Waals surface area contributed by atoms with E-state index >= 15 is 0 Å². The quantitative estimate of drug-likeness (QED) is 0.882. The molecule has 0 bridgehead atoms. The molecule has 2 heterocycles. The lowest BCUT2D eigenvalue weighted by atomic mass is 10.3. The number of carbonyl (C=O) groups is 2. The molecule has 1 saturated heterocycles. The lowest BCUT2D eigenvalue weighted by molar-refractivity contribution is -0.138. The lowest BCUT2D eigenvalue weighted by Gasteiger charge is -2.26. The SMILES string of the molecule is O=C1CN(C(=O)Cn2c(=O)sc3ccc(Cl)cc32)CCN1. The molecule has 1 aliphatic heterocycles. The topological polar surface area (TPSA) is 71.4 Å². The van der Waals surface area contributed by atoms with Crippen molar-refractivity contribution < 1.29 is 9.59 Å². The van der Waals surface area contributed by atoms with Gasteiger partial charge in [0.25, 0.3) is 0 Å². The molecular formula is C13H12ClN3O3S. The van der Waals surface area contributed by atoms with Crippen molar-refractivity contribution in [3.8, 4) is 0 Å². The highest BCUT2D eigenvalue weighted by atomic mass is 35.5. The van der Waals surface area contributed by atoms with E-state index in [1.54, 1.807) is 18.2 Å². The van der Waals surface area contributed by atoms with Crippen LogP contribution in [0.15, 0.2) is 23.0 Å². The van der Waals surface area contributed by atoms with Crippen LogP contribution in [0, 0.1) is 0 Å². The van der Waals surface area contributed by atoms with Crippen molar-refractivity contribution in [2.24, 2.45) is 0 Å². The molecule has 0 unspecified atom stereocenters. The summed E-state index contributed by atoms with van der Waals surface area (Å²) in [6.07, 6.45) is 0. The van der Waals surface area contributed by atoms with Gasteiger partial charge in [-0.05, 0) is 18.2 Å². The number of rotatable bonds is 2. The maximum Gasteiger partial charge on any atom is 0.308 e. The Morgan fingerprint density at radius 3 is 2.95 bits per heavy atom. The summed E-state index contributed by atoms with van der Waals surface area (Å²) in [6, 6.07) is 5.14. The fourth-order valence-corrected chi connectivity index (χ4v) is 3.31. The van der Waals surface area contributed by atoms with Gasteiger partial charge in [-0.2, -0.15) is 0 Å². The summed E-state index contributed by atoms with van der Waals surface area (Å²) in [6.45, 7) is 0.862. The maximum absolute atomic E-state index is 12.2. The van der Waals surface area contributed by atoms with Gasteiger partial charge in [0.05, 0.1) is 16.8 Å². The van der Waals surface area contributed by atoms with Gasteiger partial charge in [0.2, 0.25) is 11.8 Å². The Hall–Kier alpha value is -1.86. The highest BCUT2D eigenvalue weighted by Crippen LogP contribution is 2.21. The number of thiazole rings is 1. The Morgan fingerprint density at radius 1 is 1.38 bits per heavy atom. The summed E-state index contributed by atoms with van der Waals surface area (Å²) < 4.78 is 2.19. The maximum atomic E-state index is 12.2. The van der Waals surface area contributed by atoms with Gasteiger partial charge in [-0.15, -0.1) is 0 Å². The third kappa shape index (κ3) is 2.79. The van der Waals surface area contributed by atoms with Gasteiger partial charge in [-0.25, -0.2) is 0 Å². The number of nitrogens with zero attached hydrogens (tertiary/aromatic N) is 2. The van der Waals surface area contributed by atoms with E-state index in [1.807, 2.05) is 0 Å². The number of nitrogens with one attached hydrogen (secondary N) is 1. The minimum absolute atomic E-state index is 0.0381. The number of hydrogen-bond donors (Lipinski definition) is 1. The van der Waals surface area contributed by atoms with Crippen LogP contribution in [-0.2, 0) is 16.1 Å². The van der Waals surface area contributed by atoms with E-state index in [4.69, 9.17) is 11.6 Å². The summed E-state index contributed by atoms with van der Waals surface area (Å²) >= 11 is 7.02. The van der Waals surface area contributed by atoms with Crippen LogP contribution in [0.3, 0.4) is 0 Å². The number of benzene rings is 1. The molecule has 0 spiro atoms. The second-order valence-electron chi connectivity index (χ2n) is 4.73. The minimum Gasteiger partial charge on any atom is -0.353 e. The molecule has 21 heavy (non-hydrogen) atoms. The van der Waals surface area contributed by atoms with E-state index < -0.39 is 0 Å². The second kappa shape index (κ2) is 5.50. The molecule has 1 aromatic heterocycles. The zero-order valence-electron chi connectivity index (χ0n) is 11.0. The number of carbonyl (C=O) groups excluding carboxylic acids is 2. The van der Waals surface area contributed by atoms with Crippen LogP contribution in [0.2, 0.25) is 5.02 Å². The molecule has 2 aromatic rings. The molecule has 0 atom stereocenters. The van der Waals surface area contributed by atoms with Crippen LogP contribution in [-0.4, -0.2) is 40.9 Å². The molecule has 1 N–H and O–H groups in total. The molecule has 0 radical (unpaired) electrons. The van der Waals surface area contributed by atoms with Gasteiger partial charge in [-0.3, -0.25) is 19.0 Å². The number of halogens is 1. The average Bonchev–Trinajstić information content (AvgIpc) is 2.75. The van der Waals surface area contributed by atoms with E-state index in [0.29, 0.717) is 23.6 Å². The number of hydrogen-bond acceptors (Lipinski definition) is 4. The predicted octanol–water partition coefficient (Wildman–Crippen LogP) is 0.675. The van der Waals surface area contributed by atoms with Crippen LogP contribution >= 0.6 is 22.9 Å². The summed E-state index contributed by atoms with van der Waals surface area (Å²) in [5, 5.41) is 3.17. The van der Waals surface area contributed by atoms with Gasteiger partial charge in [0, 0.05) is 18.1 Å². The summed E-state index contributed by atoms with van der Waals surface area (Å²) in [7, 11) is 0. The van der Waals surface area contributed by atoms with Gasteiger partial charge < -0.3 is 10.2 Å². The first-order chi connectivity index (χ1) is 10.0. The lowest BCUT2D eigenvalue weighted by Crippen LogP contribution is -2.51. The number of amides is 2. The van der Waals surface area contributed by atoms with E-state index in [-0.39, 0.29) is 29.8 Å². The van der Waals surface area contributed by atoms with Gasteiger partial charge in [0.1, 0.15) is 6.54 Å². The molecule has 2 amide bonds. The monoisotopic (exact) mass is 325 g/mol. The van der Waals surface area contributed by atoms with Crippen molar-refractivity contribution >= 4 is 45.0 Å². The normalized spacial score (nSPS) is 15.3. The summed E-state index contributed by atoms with van der Waals surface area (Å²) in [5.41, 5.74) is 0.646. The smallest absolute Gasteiger partial charge is 0.308 e. The van der Waals surface area contributed by atoms with Crippen LogP contribution in [0.5, 0.6) is 0 Å². The fourth-order valence-electron chi connectivity index (χ4n) is 2.27. The van der Waals surface area contributed by atoms with Crippen molar-refractivity contribution in [3.63, 3.8) is 0 Å². The Labute approximate surface area is 128 Å². The van der Waals surface area contributed by atoms with Crippen molar-refractivity contribution in [1.29, 1.82) is 0 Å². The highest BCUT2D eigenvalue weighted by Gasteiger charge is 2.22. The average molecular weight is 326 g/mol. The zero-order chi connectivity index (χ0) is 15.0. The van der Waals surface area contributed by atoms with Gasteiger partial charge >= 0.3 is 4.87 Å². The van der Waals surface area contributed by atoms with Gasteiger partial charge in [-0.1, -0.05) is 22.9 Å². The molecule has 110 valence electrons. The van der Waals surface area contributed by atoms with Crippen molar-refractivity contribution in [2.75, 3.05) is 19.6 Å².